The van der Waals surface area contributed by atoms with Gasteiger partial charge in [-0.2, -0.15) is 0 Å². The van der Waals surface area contributed by atoms with Gasteiger partial charge in [0.25, 0.3) is 0 Å². The minimum Gasteiger partial charge on any atom is -0.369 e. The highest BCUT2D eigenvalue weighted by atomic mass is 16.2. The Hall–Kier alpha value is -2.31. The van der Waals surface area contributed by atoms with E-state index in [0.717, 1.165) is 43.9 Å². The lowest BCUT2D eigenvalue weighted by Gasteiger charge is -2.32. The van der Waals surface area contributed by atoms with Gasteiger partial charge < -0.3 is 21.3 Å². The van der Waals surface area contributed by atoms with Crippen LogP contribution in [0.25, 0.3) is 0 Å². The Bertz CT molecular complexity index is 594. The number of piperidine rings is 1. The topological polar surface area (TPSA) is 100 Å². The molecule has 2 heterocycles. The molecule has 7 heteroatoms. The second-order valence-corrected chi connectivity index (χ2v) is 6.66. The first-order valence-corrected chi connectivity index (χ1v) is 8.63. The Kier molecular flexibility index (Phi) is 5.17. The molecule has 1 aromatic heterocycles. The van der Waals surface area contributed by atoms with E-state index in [2.05, 4.69) is 20.5 Å². The fourth-order valence-electron chi connectivity index (χ4n) is 3.03. The normalized spacial score (nSPS) is 18.2. The van der Waals surface area contributed by atoms with E-state index in [1.54, 1.807) is 6.20 Å². The van der Waals surface area contributed by atoms with E-state index >= 15 is 0 Å². The molecule has 24 heavy (non-hydrogen) atoms. The number of aromatic nitrogens is 1. The summed E-state index contributed by atoms with van der Waals surface area (Å²) in [5, 5.41) is 5.79. The number of amides is 3. The number of pyridine rings is 1. The van der Waals surface area contributed by atoms with Crippen molar-refractivity contribution >= 4 is 17.8 Å². The van der Waals surface area contributed by atoms with Crippen LogP contribution in [-0.4, -0.2) is 36.6 Å². The van der Waals surface area contributed by atoms with Gasteiger partial charge in [-0.25, -0.2) is 9.78 Å². The number of anilines is 1. The van der Waals surface area contributed by atoms with Crippen LogP contribution in [0.5, 0.6) is 0 Å². The number of rotatable bonds is 6. The van der Waals surface area contributed by atoms with Crippen molar-refractivity contribution in [2.45, 2.75) is 32.2 Å². The predicted octanol–water partition coefficient (Wildman–Crippen LogP) is 0.992. The van der Waals surface area contributed by atoms with Gasteiger partial charge in [0, 0.05) is 43.9 Å². The minimum absolute atomic E-state index is 0.0419. The van der Waals surface area contributed by atoms with Crippen molar-refractivity contribution < 1.29 is 9.59 Å². The predicted molar refractivity (Wildman–Crippen MR) is 91.3 cm³/mol. The largest absolute Gasteiger partial charge is 0.369 e. The number of nitrogens with zero attached hydrogens (tertiary/aromatic N) is 2. The lowest BCUT2D eigenvalue weighted by atomic mass is 9.96. The van der Waals surface area contributed by atoms with Gasteiger partial charge in [-0.1, -0.05) is 6.07 Å². The van der Waals surface area contributed by atoms with E-state index in [1.165, 1.54) is 12.8 Å². The molecule has 1 saturated carbocycles. The number of carbonyl (C=O) groups excluding carboxylic acids is 2. The summed E-state index contributed by atoms with van der Waals surface area (Å²) >= 11 is 0. The molecule has 1 aliphatic heterocycles. The van der Waals surface area contributed by atoms with Crippen LogP contribution in [-0.2, 0) is 11.3 Å². The molecule has 0 bridgehead atoms. The standard InChI is InChI=1S/C17H25N5O2/c18-15(23)13-5-8-22(9-6-13)16-14(2-1-7-19-16)11-21-17(24)20-10-12-3-4-12/h1-2,7,12-13H,3-6,8-11H2,(H2,18,23)(H2,20,21,24). The van der Waals surface area contributed by atoms with Crippen LogP contribution >= 0.6 is 0 Å². The Morgan fingerprint density at radius 1 is 1.21 bits per heavy atom. The van der Waals surface area contributed by atoms with E-state index in [9.17, 15) is 9.59 Å². The van der Waals surface area contributed by atoms with Crippen molar-refractivity contribution in [1.29, 1.82) is 0 Å². The zero-order chi connectivity index (χ0) is 16.9. The maximum absolute atomic E-state index is 11.8. The smallest absolute Gasteiger partial charge is 0.315 e. The van der Waals surface area contributed by atoms with Crippen molar-refractivity contribution in [2.24, 2.45) is 17.6 Å². The molecule has 2 aliphatic rings. The first-order valence-electron chi connectivity index (χ1n) is 8.63. The first-order chi connectivity index (χ1) is 11.6. The van der Waals surface area contributed by atoms with Gasteiger partial charge in [-0.3, -0.25) is 4.79 Å². The molecule has 3 amide bonds. The summed E-state index contributed by atoms with van der Waals surface area (Å²) in [6, 6.07) is 3.71. The molecule has 130 valence electrons. The molecule has 2 fully saturated rings. The average Bonchev–Trinajstić information content (AvgIpc) is 3.43. The summed E-state index contributed by atoms with van der Waals surface area (Å²) in [4.78, 5) is 29.8. The van der Waals surface area contributed by atoms with Crippen LogP contribution < -0.4 is 21.3 Å². The van der Waals surface area contributed by atoms with E-state index < -0.39 is 0 Å². The molecule has 0 unspecified atom stereocenters. The van der Waals surface area contributed by atoms with Gasteiger partial charge in [0.15, 0.2) is 0 Å². The number of urea groups is 1. The number of hydrogen-bond donors (Lipinski definition) is 3. The number of hydrogen-bond acceptors (Lipinski definition) is 4. The van der Waals surface area contributed by atoms with Crippen molar-refractivity contribution in [2.75, 3.05) is 24.5 Å². The van der Waals surface area contributed by atoms with Crippen molar-refractivity contribution in [3.8, 4) is 0 Å². The van der Waals surface area contributed by atoms with Gasteiger partial charge in [0.05, 0.1) is 0 Å². The van der Waals surface area contributed by atoms with Crippen molar-refractivity contribution in [3.63, 3.8) is 0 Å². The highest BCUT2D eigenvalue weighted by molar-refractivity contribution is 5.77. The molecular weight excluding hydrogens is 306 g/mol. The van der Waals surface area contributed by atoms with Crippen molar-refractivity contribution in [1.82, 2.24) is 15.6 Å². The lowest BCUT2D eigenvalue weighted by Crippen LogP contribution is -2.40. The van der Waals surface area contributed by atoms with Crippen LogP contribution in [0.4, 0.5) is 10.6 Å². The first kappa shape index (κ1) is 16.5. The van der Waals surface area contributed by atoms with E-state index in [-0.39, 0.29) is 17.9 Å². The third kappa shape index (κ3) is 4.37. The fourth-order valence-corrected chi connectivity index (χ4v) is 3.03. The Morgan fingerprint density at radius 3 is 2.62 bits per heavy atom. The third-order valence-corrected chi connectivity index (χ3v) is 4.75. The van der Waals surface area contributed by atoms with Crippen LogP contribution in [0, 0.1) is 11.8 Å². The zero-order valence-corrected chi connectivity index (χ0v) is 13.8. The molecule has 1 saturated heterocycles. The number of primary amides is 1. The second kappa shape index (κ2) is 7.51. The SMILES string of the molecule is NC(=O)C1CCN(c2ncccc2CNC(=O)NCC2CC2)CC1. The maximum Gasteiger partial charge on any atom is 0.315 e. The van der Waals surface area contributed by atoms with Crippen LogP contribution in [0.2, 0.25) is 0 Å². The maximum atomic E-state index is 11.8. The van der Waals surface area contributed by atoms with E-state index in [0.29, 0.717) is 12.5 Å². The zero-order valence-electron chi connectivity index (χ0n) is 13.8. The summed E-state index contributed by atoms with van der Waals surface area (Å²) in [5.41, 5.74) is 6.37. The van der Waals surface area contributed by atoms with Gasteiger partial charge in [-0.05, 0) is 37.7 Å². The summed E-state index contributed by atoms with van der Waals surface area (Å²) in [7, 11) is 0. The monoisotopic (exact) mass is 331 g/mol. The number of carbonyl (C=O) groups is 2. The molecule has 1 aromatic rings. The Morgan fingerprint density at radius 2 is 1.96 bits per heavy atom. The molecule has 0 atom stereocenters. The Balaban J connectivity index is 1.54. The summed E-state index contributed by atoms with van der Waals surface area (Å²) in [6.45, 7) is 2.71. The van der Waals surface area contributed by atoms with E-state index in [1.807, 2.05) is 12.1 Å². The highest BCUT2D eigenvalue weighted by Gasteiger charge is 2.25. The lowest BCUT2D eigenvalue weighted by molar-refractivity contribution is -0.122. The number of nitrogens with one attached hydrogen (secondary N) is 2. The third-order valence-electron chi connectivity index (χ3n) is 4.75. The quantitative estimate of drug-likeness (QED) is 0.724. The highest BCUT2D eigenvalue weighted by Crippen LogP contribution is 2.27. The summed E-state index contributed by atoms with van der Waals surface area (Å²) in [6.07, 6.45) is 5.69. The summed E-state index contributed by atoms with van der Waals surface area (Å²) < 4.78 is 0. The molecular formula is C17H25N5O2. The van der Waals surface area contributed by atoms with Gasteiger partial charge in [0.1, 0.15) is 5.82 Å². The average molecular weight is 331 g/mol. The minimum atomic E-state index is -0.218. The fraction of sp³-hybridized carbons (Fsp3) is 0.588. The molecule has 0 aromatic carbocycles. The van der Waals surface area contributed by atoms with Gasteiger partial charge in [0.2, 0.25) is 5.91 Å². The van der Waals surface area contributed by atoms with Gasteiger partial charge in [-0.15, -0.1) is 0 Å². The molecule has 1 aliphatic carbocycles. The Labute approximate surface area is 142 Å². The van der Waals surface area contributed by atoms with Crippen LogP contribution in [0.15, 0.2) is 18.3 Å². The summed E-state index contributed by atoms with van der Waals surface area (Å²) in [5.74, 6) is 1.28. The van der Waals surface area contributed by atoms with E-state index in [4.69, 9.17) is 5.73 Å². The molecule has 7 nitrogen and oxygen atoms in total. The molecule has 3 rings (SSSR count). The second-order valence-electron chi connectivity index (χ2n) is 6.66. The molecule has 0 radical (unpaired) electrons. The molecule has 0 spiro atoms. The van der Waals surface area contributed by atoms with Crippen LogP contribution in [0.3, 0.4) is 0 Å². The van der Waals surface area contributed by atoms with Gasteiger partial charge >= 0.3 is 6.03 Å². The number of nitrogens with two attached hydrogens (primary N) is 1. The van der Waals surface area contributed by atoms with Crippen molar-refractivity contribution in [3.05, 3.63) is 23.9 Å². The van der Waals surface area contributed by atoms with Crippen LogP contribution in [0.1, 0.15) is 31.2 Å². The molecule has 4 N–H and O–H groups in total.